The van der Waals surface area contributed by atoms with Gasteiger partial charge in [-0.15, -0.1) is 0 Å². The summed E-state index contributed by atoms with van der Waals surface area (Å²) < 4.78 is 0. The van der Waals surface area contributed by atoms with Crippen molar-refractivity contribution in [2.75, 3.05) is 13.1 Å². The van der Waals surface area contributed by atoms with Crippen LogP contribution in [0, 0.1) is 5.92 Å². The Labute approximate surface area is 112 Å². The summed E-state index contributed by atoms with van der Waals surface area (Å²) >= 11 is 0. The van der Waals surface area contributed by atoms with Crippen molar-refractivity contribution in [2.45, 2.75) is 19.4 Å². The van der Waals surface area contributed by atoms with Gasteiger partial charge in [0.2, 0.25) is 0 Å². The van der Waals surface area contributed by atoms with E-state index in [1.54, 1.807) is 0 Å². The average Bonchev–Trinajstić information content (AvgIpc) is 2.85. The van der Waals surface area contributed by atoms with Gasteiger partial charge in [-0.2, -0.15) is 0 Å². The molecule has 3 rings (SSSR count). The van der Waals surface area contributed by atoms with Crippen LogP contribution in [0.1, 0.15) is 23.8 Å². The minimum atomic E-state index is 0.0542. The predicted molar refractivity (Wildman–Crippen MR) is 76.0 cm³/mol. The van der Waals surface area contributed by atoms with E-state index in [4.69, 9.17) is 5.73 Å². The molecule has 1 amide bonds. The number of para-hydroxylation sites is 1. The van der Waals surface area contributed by atoms with Crippen molar-refractivity contribution in [3.05, 3.63) is 36.0 Å². The van der Waals surface area contributed by atoms with Crippen LogP contribution in [0.15, 0.2) is 30.3 Å². The number of likely N-dealkylation sites (tertiary alicyclic amines) is 1. The number of aromatic nitrogens is 1. The summed E-state index contributed by atoms with van der Waals surface area (Å²) in [6.07, 6.45) is 0.979. The average molecular weight is 257 g/mol. The quantitative estimate of drug-likeness (QED) is 0.820. The lowest BCUT2D eigenvalue weighted by molar-refractivity contribution is 0.0667. The number of nitrogens with one attached hydrogen (secondary N) is 1. The van der Waals surface area contributed by atoms with Gasteiger partial charge in [-0.25, -0.2) is 0 Å². The second kappa shape index (κ2) is 4.70. The maximum absolute atomic E-state index is 12.5. The van der Waals surface area contributed by atoms with Gasteiger partial charge in [-0.05, 0) is 24.5 Å². The van der Waals surface area contributed by atoms with Gasteiger partial charge in [-0.1, -0.05) is 25.1 Å². The molecule has 2 unspecified atom stereocenters. The molecule has 0 bridgehead atoms. The van der Waals surface area contributed by atoms with Gasteiger partial charge in [0.1, 0.15) is 5.69 Å². The Balaban J connectivity index is 1.83. The minimum Gasteiger partial charge on any atom is -0.351 e. The van der Waals surface area contributed by atoms with Gasteiger partial charge in [0, 0.05) is 30.0 Å². The van der Waals surface area contributed by atoms with Crippen LogP contribution >= 0.6 is 0 Å². The second-order valence-electron chi connectivity index (χ2n) is 5.45. The van der Waals surface area contributed by atoms with Gasteiger partial charge in [0.05, 0.1) is 0 Å². The highest BCUT2D eigenvalue weighted by atomic mass is 16.2. The smallest absolute Gasteiger partial charge is 0.270 e. The first-order chi connectivity index (χ1) is 9.15. The van der Waals surface area contributed by atoms with Gasteiger partial charge >= 0.3 is 0 Å². The van der Waals surface area contributed by atoms with Crippen molar-refractivity contribution in [3.8, 4) is 0 Å². The lowest BCUT2D eigenvalue weighted by Crippen LogP contribution is -2.49. The summed E-state index contributed by atoms with van der Waals surface area (Å²) in [6.45, 7) is 3.59. The molecular formula is C15H19N3O. The molecule has 4 nitrogen and oxygen atoms in total. The monoisotopic (exact) mass is 257 g/mol. The maximum atomic E-state index is 12.5. The topological polar surface area (TPSA) is 62.1 Å². The summed E-state index contributed by atoms with van der Waals surface area (Å²) in [7, 11) is 0. The van der Waals surface area contributed by atoms with E-state index < -0.39 is 0 Å². The molecule has 2 aromatic rings. The molecule has 0 spiro atoms. The van der Waals surface area contributed by atoms with Gasteiger partial charge in [0.25, 0.3) is 5.91 Å². The van der Waals surface area contributed by atoms with E-state index >= 15 is 0 Å². The third kappa shape index (κ3) is 2.24. The molecule has 4 heteroatoms. The van der Waals surface area contributed by atoms with Crippen molar-refractivity contribution >= 4 is 16.8 Å². The lowest BCUT2D eigenvalue weighted by atomic mass is 9.94. The number of aromatic amines is 1. The fourth-order valence-corrected chi connectivity index (χ4v) is 2.64. The number of carbonyl (C=O) groups excluding carboxylic acids is 1. The molecule has 19 heavy (non-hydrogen) atoms. The number of hydrogen-bond donors (Lipinski definition) is 2. The van der Waals surface area contributed by atoms with E-state index in [1.807, 2.05) is 35.2 Å². The molecule has 1 fully saturated rings. The Morgan fingerprint density at radius 1 is 1.42 bits per heavy atom. The minimum absolute atomic E-state index is 0.0542. The number of benzene rings is 1. The van der Waals surface area contributed by atoms with Gasteiger partial charge < -0.3 is 15.6 Å². The van der Waals surface area contributed by atoms with Crippen molar-refractivity contribution in [3.63, 3.8) is 0 Å². The Hall–Kier alpha value is -1.81. The van der Waals surface area contributed by atoms with E-state index in [-0.39, 0.29) is 11.9 Å². The molecule has 0 radical (unpaired) electrons. The summed E-state index contributed by atoms with van der Waals surface area (Å²) in [5.41, 5.74) is 7.71. The van der Waals surface area contributed by atoms with E-state index in [1.165, 1.54) is 0 Å². The maximum Gasteiger partial charge on any atom is 0.270 e. The standard InChI is InChI=1S/C15H19N3O/c1-10-6-7-18(9-12(10)16)15(19)14-8-11-4-2-3-5-13(11)17-14/h2-5,8,10,12,17H,6-7,9,16H2,1H3. The van der Waals surface area contributed by atoms with E-state index in [0.717, 1.165) is 23.9 Å². The zero-order chi connectivity index (χ0) is 13.4. The number of amides is 1. The molecule has 100 valence electrons. The normalized spacial score (nSPS) is 23.8. The number of rotatable bonds is 1. The van der Waals surface area contributed by atoms with Crippen LogP contribution < -0.4 is 5.73 Å². The van der Waals surface area contributed by atoms with Crippen molar-refractivity contribution in [1.82, 2.24) is 9.88 Å². The summed E-state index contributed by atoms with van der Waals surface area (Å²) in [5.74, 6) is 0.547. The molecule has 2 heterocycles. The van der Waals surface area contributed by atoms with Crippen molar-refractivity contribution in [2.24, 2.45) is 11.7 Å². The number of fused-ring (bicyclic) bond motifs is 1. The zero-order valence-electron chi connectivity index (χ0n) is 11.1. The number of piperidine rings is 1. The van der Waals surface area contributed by atoms with Crippen LogP contribution in [0.2, 0.25) is 0 Å². The highest BCUT2D eigenvalue weighted by Gasteiger charge is 2.27. The highest BCUT2D eigenvalue weighted by Crippen LogP contribution is 2.20. The molecule has 0 aliphatic carbocycles. The summed E-state index contributed by atoms with van der Waals surface area (Å²) in [4.78, 5) is 17.5. The van der Waals surface area contributed by atoms with Crippen molar-refractivity contribution in [1.29, 1.82) is 0 Å². The Morgan fingerprint density at radius 2 is 2.21 bits per heavy atom. The first-order valence-electron chi connectivity index (χ1n) is 6.78. The molecule has 0 saturated carbocycles. The molecule has 1 aromatic heterocycles. The van der Waals surface area contributed by atoms with E-state index in [2.05, 4.69) is 11.9 Å². The Morgan fingerprint density at radius 3 is 2.95 bits per heavy atom. The van der Waals surface area contributed by atoms with Crippen LogP contribution in [0.5, 0.6) is 0 Å². The van der Waals surface area contributed by atoms with Crippen molar-refractivity contribution < 1.29 is 4.79 Å². The SMILES string of the molecule is CC1CCN(C(=O)c2cc3ccccc3[nH]2)CC1N. The molecule has 1 saturated heterocycles. The third-order valence-electron chi connectivity index (χ3n) is 4.06. The van der Waals surface area contributed by atoms with Crippen LogP contribution in [0.3, 0.4) is 0 Å². The number of nitrogens with zero attached hydrogens (tertiary/aromatic N) is 1. The summed E-state index contributed by atoms with van der Waals surface area (Å²) in [5, 5.41) is 1.07. The third-order valence-corrected chi connectivity index (χ3v) is 4.06. The zero-order valence-corrected chi connectivity index (χ0v) is 11.1. The molecule has 3 N–H and O–H groups in total. The fraction of sp³-hybridized carbons (Fsp3) is 0.400. The first kappa shape index (κ1) is 12.2. The van der Waals surface area contributed by atoms with Crippen LogP contribution in [-0.2, 0) is 0 Å². The molecular weight excluding hydrogens is 238 g/mol. The van der Waals surface area contributed by atoms with Crippen LogP contribution in [0.4, 0.5) is 0 Å². The second-order valence-corrected chi connectivity index (χ2v) is 5.45. The van der Waals surface area contributed by atoms with E-state index in [0.29, 0.717) is 18.2 Å². The number of nitrogens with two attached hydrogens (primary N) is 1. The highest BCUT2D eigenvalue weighted by molar-refractivity contribution is 5.98. The molecule has 2 atom stereocenters. The molecule has 1 aliphatic heterocycles. The predicted octanol–water partition coefficient (Wildman–Crippen LogP) is 1.98. The number of carbonyl (C=O) groups is 1. The molecule has 1 aliphatic rings. The lowest BCUT2D eigenvalue weighted by Gasteiger charge is -2.34. The first-order valence-corrected chi connectivity index (χ1v) is 6.78. The Bertz CT molecular complexity index is 571. The fourth-order valence-electron chi connectivity index (χ4n) is 2.64. The van der Waals surface area contributed by atoms with Gasteiger partial charge in [0.15, 0.2) is 0 Å². The largest absolute Gasteiger partial charge is 0.351 e. The number of hydrogen-bond acceptors (Lipinski definition) is 2. The molecule has 1 aromatic carbocycles. The Kier molecular flexibility index (Phi) is 3.03. The summed E-state index contributed by atoms with van der Waals surface area (Å²) in [6, 6.07) is 9.93. The van der Waals surface area contributed by atoms with Gasteiger partial charge in [-0.3, -0.25) is 4.79 Å². The van der Waals surface area contributed by atoms with Crippen LogP contribution in [0.25, 0.3) is 10.9 Å². The number of H-pyrrole nitrogens is 1. The van der Waals surface area contributed by atoms with E-state index in [9.17, 15) is 4.79 Å². The van der Waals surface area contributed by atoms with Crippen LogP contribution in [-0.4, -0.2) is 34.9 Å².